The lowest BCUT2D eigenvalue weighted by Gasteiger charge is -2.08. The monoisotopic (exact) mass is 311 g/mol. The molecule has 2 aromatic heterocycles. The number of nitrogens with zero attached hydrogens (tertiary/aromatic N) is 2. The summed E-state index contributed by atoms with van der Waals surface area (Å²) >= 11 is 0. The number of carbonyl (C=O) groups excluding carboxylic acids is 1. The second kappa shape index (κ2) is 6.93. The van der Waals surface area contributed by atoms with Crippen LogP contribution in [0.2, 0.25) is 0 Å². The lowest BCUT2D eigenvalue weighted by Crippen LogP contribution is -2.19. The van der Waals surface area contributed by atoms with Crippen molar-refractivity contribution in [2.75, 3.05) is 0 Å². The minimum Gasteiger partial charge on any atom is -0.505 e. The van der Waals surface area contributed by atoms with E-state index < -0.39 is 0 Å². The molecule has 0 aliphatic rings. The quantitative estimate of drug-likeness (QED) is 0.472. The smallest absolute Gasteiger partial charge is 0.274 e. The molecule has 0 unspecified atom stereocenters. The molecule has 2 heterocycles. The van der Waals surface area contributed by atoms with Crippen molar-refractivity contribution >= 4 is 6.29 Å². The second-order valence-electron chi connectivity index (χ2n) is 4.43. The molecule has 10 nitrogen and oxygen atoms in total. The predicted octanol–water partition coefficient (Wildman–Crippen LogP) is -0.149. The van der Waals surface area contributed by atoms with Gasteiger partial charge in [0.2, 0.25) is 5.69 Å². The molecule has 0 fully saturated rings. The molecule has 2 aromatic rings. The number of aldehydes is 1. The van der Waals surface area contributed by atoms with Gasteiger partial charge in [-0.25, -0.2) is 5.90 Å². The number of nitrogens with two attached hydrogens (primary N) is 1. The molecular formula is C12H15N4O6+. The number of rotatable bonds is 7. The molecule has 0 saturated heterocycles. The lowest BCUT2D eigenvalue weighted by molar-refractivity contribution is -0.720. The maximum Gasteiger partial charge on any atom is 0.274 e. The minimum atomic E-state index is -0.180. The molecule has 0 saturated carbocycles. The van der Waals surface area contributed by atoms with Gasteiger partial charge < -0.3 is 9.84 Å². The fraction of sp³-hybridized carbons (Fsp3) is 0.333. The van der Waals surface area contributed by atoms with Gasteiger partial charge in [-0.1, -0.05) is 9.79 Å². The van der Waals surface area contributed by atoms with E-state index in [1.54, 1.807) is 6.92 Å². The van der Waals surface area contributed by atoms with Crippen LogP contribution < -0.4 is 10.5 Å². The highest BCUT2D eigenvalue weighted by atomic mass is 16.7. The fourth-order valence-corrected chi connectivity index (χ4v) is 1.81. The Morgan fingerprint density at radius 2 is 2.27 bits per heavy atom. The van der Waals surface area contributed by atoms with Crippen LogP contribution in [0.5, 0.6) is 5.75 Å². The third-order valence-electron chi connectivity index (χ3n) is 3.02. The molecule has 2 rings (SSSR count). The average Bonchev–Trinajstić information content (AvgIpc) is 2.85. The van der Waals surface area contributed by atoms with Crippen molar-refractivity contribution in [2.45, 2.75) is 26.7 Å². The SMILES string of the molecule is Cc1ncc(COCc2[nH]o[n+](=O)c2CON)c(C=O)c1O. The Morgan fingerprint density at radius 1 is 1.50 bits per heavy atom. The summed E-state index contributed by atoms with van der Waals surface area (Å²) in [5, 5.41) is 12.1. The zero-order chi connectivity index (χ0) is 16.1. The van der Waals surface area contributed by atoms with Gasteiger partial charge in [0.05, 0.1) is 17.9 Å². The summed E-state index contributed by atoms with van der Waals surface area (Å²) in [4.78, 5) is 30.7. The molecular weight excluding hydrogens is 296 g/mol. The number of aromatic amines is 1. The van der Waals surface area contributed by atoms with Crippen molar-refractivity contribution in [3.63, 3.8) is 0 Å². The topological polar surface area (TPSA) is 147 Å². The first-order chi connectivity index (χ1) is 10.6. The van der Waals surface area contributed by atoms with Crippen LogP contribution in [-0.2, 0) is 29.4 Å². The highest BCUT2D eigenvalue weighted by Gasteiger charge is 2.20. The van der Waals surface area contributed by atoms with Crippen molar-refractivity contribution < 1.29 is 28.7 Å². The molecule has 0 atom stereocenters. The van der Waals surface area contributed by atoms with E-state index in [9.17, 15) is 14.8 Å². The van der Waals surface area contributed by atoms with Crippen LogP contribution in [-0.4, -0.2) is 21.5 Å². The van der Waals surface area contributed by atoms with E-state index in [0.717, 1.165) is 0 Å². The molecule has 0 aromatic carbocycles. The van der Waals surface area contributed by atoms with Crippen molar-refractivity contribution in [3.05, 3.63) is 39.3 Å². The third kappa shape index (κ3) is 3.19. The largest absolute Gasteiger partial charge is 0.505 e. The fourth-order valence-electron chi connectivity index (χ4n) is 1.81. The van der Waals surface area contributed by atoms with Crippen molar-refractivity contribution in [2.24, 2.45) is 5.90 Å². The number of ether oxygens (including phenoxy) is 1. The Kier molecular flexibility index (Phi) is 4.99. The predicted molar refractivity (Wildman–Crippen MR) is 69.9 cm³/mol. The zero-order valence-corrected chi connectivity index (χ0v) is 11.7. The standard InChI is InChI=1S/C12H14N4O6/c1-7-12(18)9(3-17)8(2-14-7)4-20-5-10-11(6-21-13)16(19)22-15-10/h2-3H,4-6,13H2,1H3,(H-,15,17,18,19)/p+1. The van der Waals surface area contributed by atoms with Crippen molar-refractivity contribution in [1.82, 2.24) is 10.1 Å². The van der Waals surface area contributed by atoms with Crippen LogP contribution in [0.4, 0.5) is 0 Å². The minimum absolute atomic E-state index is 0.00955. The summed E-state index contributed by atoms with van der Waals surface area (Å²) in [5.74, 6) is 4.74. The van der Waals surface area contributed by atoms with Gasteiger partial charge >= 0.3 is 0 Å². The van der Waals surface area contributed by atoms with E-state index in [4.69, 9.17) is 10.6 Å². The highest BCUT2D eigenvalue weighted by Crippen LogP contribution is 2.22. The van der Waals surface area contributed by atoms with Crippen LogP contribution in [0.25, 0.3) is 0 Å². The van der Waals surface area contributed by atoms with Crippen molar-refractivity contribution in [3.8, 4) is 5.75 Å². The number of hydrogen-bond acceptors (Lipinski definition) is 8. The third-order valence-corrected chi connectivity index (χ3v) is 3.02. The summed E-state index contributed by atoms with van der Waals surface area (Å²) in [6.07, 6.45) is 1.97. The van der Waals surface area contributed by atoms with Gasteiger partial charge in [0.25, 0.3) is 5.69 Å². The van der Waals surface area contributed by atoms with E-state index in [1.165, 1.54) is 6.20 Å². The van der Waals surface area contributed by atoms with E-state index >= 15 is 0 Å². The molecule has 0 radical (unpaired) electrons. The van der Waals surface area contributed by atoms with Crippen LogP contribution in [0.15, 0.2) is 10.8 Å². The number of aromatic nitrogens is 3. The van der Waals surface area contributed by atoms with Gasteiger partial charge in [-0.3, -0.25) is 14.6 Å². The Morgan fingerprint density at radius 3 is 2.95 bits per heavy atom. The molecule has 0 spiro atoms. The normalized spacial score (nSPS) is 10.8. The zero-order valence-electron chi connectivity index (χ0n) is 11.7. The summed E-state index contributed by atoms with van der Waals surface area (Å²) in [6.45, 7) is 1.43. The van der Waals surface area contributed by atoms with Gasteiger partial charge in [-0.15, -0.1) is 0 Å². The lowest BCUT2D eigenvalue weighted by atomic mass is 10.1. The number of hydrogen-bond donors (Lipinski definition) is 3. The molecule has 22 heavy (non-hydrogen) atoms. The number of nitrogens with one attached hydrogen (secondary N) is 1. The van der Waals surface area contributed by atoms with Crippen LogP contribution in [0.3, 0.4) is 0 Å². The van der Waals surface area contributed by atoms with Gasteiger partial charge in [-0.2, -0.15) is 0 Å². The number of pyridine rings is 1. The Hall–Kier alpha value is -2.56. The van der Waals surface area contributed by atoms with E-state index in [0.29, 0.717) is 23.2 Å². The Labute approximate surface area is 124 Å². The molecule has 118 valence electrons. The van der Waals surface area contributed by atoms with E-state index in [2.05, 4.69) is 19.6 Å². The molecule has 0 aliphatic carbocycles. The highest BCUT2D eigenvalue weighted by molar-refractivity contribution is 5.81. The van der Waals surface area contributed by atoms with Crippen LogP contribution in [0.1, 0.15) is 33.0 Å². The van der Waals surface area contributed by atoms with E-state index in [1.807, 2.05) is 0 Å². The summed E-state index contributed by atoms with van der Waals surface area (Å²) < 4.78 is 10.2. The van der Waals surface area contributed by atoms with Gasteiger partial charge in [0.15, 0.2) is 10.9 Å². The van der Waals surface area contributed by atoms with Crippen molar-refractivity contribution in [1.29, 1.82) is 0 Å². The summed E-state index contributed by atoms with van der Waals surface area (Å²) in [7, 11) is 0. The first-order valence-corrected chi connectivity index (χ1v) is 6.22. The number of aromatic hydroxyl groups is 1. The summed E-state index contributed by atoms with van der Waals surface area (Å²) in [5.41, 5.74) is 1.38. The first kappa shape index (κ1) is 15.8. The van der Waals surface area contributed by atoms with Gasteiger partial charge in [-0.05, 0) is 11.8 Å². The second-order valence-corrected chi connectivity index (χ2v) is 4.43. The first-order valence-electron chi connectivity index (χ1n) is 6.22. The van der Waals surface area contributed by atoms with Crippen LogP contribution >= 0.6 is 0 Å². The average molecular weight is 311 g/mol. The number of carbonyl (C=O) groups is 1. The van der Waals surface area contributed by atoms with Gasteiger partial charge in [0.1, 0.15) is 19.0 Å². The molecule has 10 heteroatoms. The van der Waals surface area contributed by atoms with Gasteiger partial charge in [0, 0.05) is 11.8 Å². The maximum absolute atomic E-state index is 11.3. The van der Waals surface area contributed by atoms with E-state index in [-0.39, 0.29) is 41.4 Å². The number of aryl methyl sites for hydroxylation is 1. The Balaban J connectivity index is 2.07. The maximum atomic E-state index is 11.3. The molecule has 0 amide bonds. The number of H-pyrrole nitrogens is 1. The molecule has 0 bridgehead atoms. The molecule has 4 N–H and O–H groups in total. The molecule has 0 aliphatic heterocycles. The Bertz CT molecular complexity index is 723. The van der Waals surface area contributed by atoms with Crippen LogP contribution in [0, 0.1) is 11.8 Å². The summed E-state index contributed by atoms with van der Waals surface area (Å²) in [6, 6.07) is 0.